The maximum Gasteiger partial charge on any atom is 0.306 e. The predicted molar refractivity (Wildman–Crippen MR) is 312 cm³/mol. The smallest absolute Gasteiger partial charge is 0.306 e. The van der Waals surface area contributed by atoms with E-state index >= 15 is 0 Å². The van der Waals surface area contributed by atoms with E-state index in [1.165, 1.54) is 250 Å². The van der Waals surface area contributed by atoms with E-state index in [1.807, 2.05) is 0 Å². The van der Waals surface area contributed by atoms with Crippen molar-refractivity contribution in [2.75, 3.05) is 13.2 Å². The zero-order chi connectivity index (χ0) is 52.6. The molecule has 0 heterocycles. The van der Waals surface area contributed by atoms with E-state index < -0.39 is 6.10 Å². The van der Waals surface area contributed by atoms with Crippen molar-refractivity contribution in [2.24, 2.45) is 17.8 Å². The SMILES string of the molecule is CC(C)CCCCCCCCCCCCCCCCCCC(=O)O[C@H](COC(=O)CCCCCCCCCCCCCCCCCC(C)C)COC(=O)CCCCCCCCCCCCCCCCC(C)C. The Bertz CT molecular complexity index is 1120. The second-order valence-corrected chi connectivity index (χ2v) is 24.2. The van der Waals surface area contributed by atoms with Crippen LogP contribution in [0.5, 0.6) is 0 Å². The summed E-state index contributed by atoms with van der Waals surface area (Å²) in [5, 5.41) is 0. The molecular formula is C66H128O6. The highest BCUT2D eigenvalue weighted by molar-refractivity contribution is 5.71. The Hall–Kier alpha value is -1.59. The summed E-state index contributed by atoms with van der Waals surface area (Å²) in [7, 11) is 0. The van der Waals surface area contributed by atoms with Gasteiger partial charge in [0.05, 0.1) is 0 Å². The number of carbonyl (C=O) groups excluding carboxylic acids is 3. The molecule has 6 heteroatoms. The quantitative estimate of drug-likeness (QED) is 0.0343. The lowest BCUT2D eigenvalue weighted by Crippen LogP contribution is -2.30. The number of hydrogen-bond acceptors (Lipinski definition) is 6. The van der Waals surface area contributed by atoms with Crippen LogP contribution in [0.25, 0.3) is 0 Å². The van der Waals surface area contributed by atoms with Crippen LogP contribution in [0.1, 0.15) is 369 Å². The van der Waals surface area contributed by atoms with Gasteiger partial charge in [-0.3, -0.25) is 14.4 Å². The van der Waals surface area contributed by atoms with Crippen LogP contribution in [0.2, 0.25) is 0 Å². The van der Waals surface area contributed by atoms with Gasteiger partial charge in [-0.15, -0.1) is 0 Å². The molecule has 0 aromatic carbocycles. The summed E-state index contributed by atoms with van der Waals surface area (Å²) in [4.78, 5) is 38.4. The van der Waals surface area contributed by atoms with Crippen LogP contribution < -0.4 is 0 Å². The van der Waals surface area contributed by atoms with Gasteiger partial charge in [0.15, 0.2) is 6.10 Å². The van der Waals surface area contributed by atoms with Crippen LogP contribution in [-0.2, 0) is 28.6 Å². The van der Waals surface area contributed by atoms with Crippen molar-refractivity contribution in [1.29, 1.82) is 0 Å². The van der Waals surface area contributed by atoms with Gasteiger partial charge in [0.25, 0.3) is 0 Å². The van der Waals surface area contributed by atoms with Gasteiger partial charge in [-0.2, -0.15) is 0 Å². The topological polar surface area (TPSA) is 78.9 Å². The summed E-state index contributed by atoms with van der Waals surface area (Å²) < 4.78 is 17.0. The first-order valence-corrected chi connectivity index (χ1v) is 32.6. The Morgan fingerprint density at radius 2 is 0.403 bits per heavy atom. The maximum atomic E-state index is 12.9. The zero-order valence-corrected chi connectivity index (χ0v) is 49.7. The highest BCUT2D eigenvalue weighted by atomic mass is 16.6. The number of unbranched alkanes of at least 4 members (excludes halogenated alkanes) is 42. The lowest BCUT2D eigenvalue weighted by Gasteiger charge is -2.18. The predicted octanol–water partition coefficient (Wildman–Crippen LogP) is 21.8. The first-order valence-electron chi connectivity index (χ1n) is 32.6. The molecule has 0 unspecified atom stereocenters. The van der Waals surface area contributed by atoms with Crippen molar-refractivity contribution in [2.45, 2.75) is 375 Å². The van der Waals surface area contributed by atoms with E-state index in [0.29, 0.717) is 19.3 Å². The summed E-state index contributed by atoms with van der Waals surface area (Å²) in [6.45, 7) is 13.8. The fourth-order valence-electron chi connectivity index (χ4n) is 10.2. The molecule has 1 atom stereocenters. The minimum atomic E-state index is -0.765. The average Bonchev–Trinajstić information content (AvgIpc) is 3.34. The molecule has 0 rings (SSSR count). The normalized spacial score (nSPS) is 12.1. The van der Waals surface area contributed by atoms with Crippen molar-refractivity contribution in [1.82, 2.24) is 0 Å². The molecule has 0 aliphatic rings. The molecule has 0 aliphatic carbocycles. The number of rotatable bonds is 59. The lowest BCUT2D eigenvalue weighted by molar-refractivity contribution is -0.167. The lowest BCUT2D eigenvalue weighted by atomic mass is 10.0. The maximum absolute atomic E-state index is 12.9. The van der Waals surface area contributed by atoms with E-state index in [9.17, 15) is 14.4 Å². The van der Waals surface area contributed by atoms with Crippen molar-refractivity contribution in [3.63, 3.8) is 0 Å². The first kappa shape index (κ1) is 70.4. The van der Waals surface area contributed by atoms with E-state index in [4.69, 9.17) is 14.2 Å². The highest BCUT2D eigenvalue weighted by Crippen LogP contribution is 2.19. The molecule has 0 N–H and O–H groups in total. The van der Waals surface area contributed by atoms with Crippen LogP contribution in [0.4, 0.5) is 0 Å². The Morgan fingerprint density at radius 1 is 0.236 bits per heavy atom. The number of esters is 3. The molecule has 0 radical (unpaired) electrons. The van der Waals surface area contributed by atoms with Gasteiger partial charge < -0.3 is 14.2 Å². The van der Waals surface area contributed by atoms with Gasteiger partial charge in [-0.1, -0.05) is 330 Å². The van der Waals surface area contributed by atoms with Crippen molar-refractivity contribution < 1.29 is 28.6 Å². The second kappa shape index (κ2) is 57.1. The molecule has 0 aromatic heterocycles. The van der Waals surface area contributed by atoms with Crippen LogP contribution in [0.15, 0.2) is 0 Å². The Kier molecular flexibility index (Phi) is 55.9. The standard InChI is InChI=1S/C66H128O6/c1-60(2)52-46-40-34-28-22-16-10-7-8-12-21-27-33-39-45-51-57-66(69)72-63(59-71-65(68)56-50-44-38-32-26-20-15-14-18-24-30-36-42-48-54-62(5)6)58-70-64(67)55-49-43-37-31-25-19-13-9-11-17-23-29-35-41-47-53-61(3)4/h60-63H,7-59H2,1-6H3/t63-/m1/s1. The molecule has 0 fully saturated rings. The van der Waals surface area contributed by atoms with E-state index in [1.54, 1.807) is 0 Å². The van der Waals surface area contributed by atoms with Gasteiger partial charge in [-0.25, -0.2) is 0 Å². The van der Waals surface area contributed by atoms with E-state index in [-0.39, 0.29) is 31.1 Å². The van der Waals surface area contributed by atoms with Crippen molar-refractivity contribution >= 4 is 17.9 Å². The fraction of sp³-hybridized carbons (Fsp3) is 0.955. The highest BCUT2D eigenvalue weighted by Gasteiger charge is 2.19. The molecule has 0 bridgehead atoms. The molecule has 428 valence electrons. The third-order valence-corrected chi connectivity index (χ3v) is 15.1. The van der Waals surface area contributed by atoms with Gasteiger partial charge in [0.1, 0.15) is 13.2 Å². The number of ether oxygens (including phenoxy) is 3. The molecule has 0 spiro atoms. The first-order chi connectivity index (χ1) is 35.1. The summed E-state index contributed by atoms with van der Waals surface area (Å²) in [6.07, 6.45) is 62.5. The van der Waals surface area contributed by atoms with Gasteiger partial charge in [-0.05, 0) is 37.0 Å². The summed E-state index contributed by atoms with van der Waals surface area (Å²) in [5.74, 6) is 1.71. The van der Waals surface area contributed by atoms with Crippen molar-refractivity contribution in [3.8, 4) is 0 Å². The van der Waals surface area contributed by atoms with E-state index in [2.05, 4.69) is 41.5 Å². The summed E-state index contributed by atoms with van der Waals surface area (Å²) in [6, 6.07) is 0. The van der Waals surface area contributed by atoms with Crippen LogP contribution in [0, 0.1) is 17.8 Å². The fourth-order valence-corrected chi connectivity index (χ4v) is 10.2. The monoisotopic (exact) mass is 1020 g/mol. The summed E-state index contributed by atoms with van der Waals surface area (Å²) in [5.41, 5.74) is 0. The molecule has 0 amide bonds. The molecule has 0 aromatic rings. The minimum absolute atomic E-state index is 0.0623. The molecule has 0 saturated heterocycles. The summed E-state index contributed by atoms with van der Waals surface area (Å²) >= 11 is 0. The zero-order valence-electron chi connectivity index (χ0n) is 49.7. The molecule has 6 nitrogen and oxygen atoms in total. The Morgan fingerprint density at radius 3 is 0.597 bits per heavy atom. The molecule has 0 saturated carbocycles. The third kappa shape index (κ3) is 59.3. The van der Waals surface area contributed by atoms with E-state index in [0.717, 1.165) is 75.5 Å². The largest absolute Gasteiger partial charge is 0.462 e. The Labute approximate surface area is 450 Å². The van der Waals surface area contributed by atoms with Crippen molar-refractivity contribution in [3.05, 3.63) is 0 Å². The van der Waals surface area contributed by atoms with Gasteiger partial charge in [0.2, 0.25) is 0 Å². The van der Waals surface area contributed by atoms with Crippen LogP contribution in [-0.4, -0.2) is 37.2 Å². The molecular weight excluding hydrogens is 889 g/mol. The second-order valence-electron chi connectivity index (χ2n) is 24.2. The number of carbonyl (C=O) groups is 3. The minimum Gasteiger partial charge on any atom is -0.462 e. The number of hydrogen-bond donors (Lipinski definition) is 0. The molecule has 72 heavy (non-hydrogen) atoms. The Balaban J connectivity index is 4.29. The van der Waals surface area contributed by atoms with Gasteiger partial charge >= 0.3 is 17.9 Å². The third-order valence-electron chi connectivity index (χ3n) is 15.1. The van der Waals surface area contributed by atoms with Crippen LogP contribution >= 0.6 is 0 Å². The van der Waals surface area contributed by atoms with Gasteiger partial charge in [0, 0.05) is 19.3 Å². The molecule has 0 aliphatic heterocycles. The average molecular weight is 1020 g/mol. The van der Waals surface area contributed by atoms with Crippen LogP contribution in [0.3, 0.4) is 0 Å².